The summed E-state index contributed by atoms with van der Waals surface area (Å²) in [5.41, 5.74) is 7.23. The molecule has 0 radical (unpaired) electrons. The van der Waals surface area contributed by atoms with Gasteiger partial charge in [0.25, 0.3) is 5.91 Å². The van der Waals surface area contributed by atoms with Crippen molar-refractivity contribution >= 4 is 22.7 Å². The molecule has 0 fully saturated rings. The van der Waals surface area contributed by atoms with E-state index in [0.717, 1.165) is 53.3 Å². The molecule has 2 aromatic carbocycles. The van der Waals surface area contributed by atoms with Gasteiger partial charge < -0.3 is 9.30 Å². The summed E-state index contributed by atoms with van der Waals surface area (Å²) in [5.74, 6) is 0.656. The van der Waals surface area contributed by atoms with Gasteiger partial charge in [-0.25, -0.2) is 10.4 Å². The number of aromatic nitrogens is 2. The standard InChI is InChI=1S/C23H29N5O2/c1-5-27(6-2)14-19-13-18(11-12-22(19)30-4)17(3)25-26-23(29)15-28-16-24-20-9-7-8-10-21(20)28/h7-13,16H,5-6,14-15H2,1-4H3,(H,26,29)/b25-17-. The van der Waals surface area contributed by atoms with E-state index < -0.39 is 0 Å². The molecule has 1 amide bonds. The van der Waals surface area contributed by atoms with Crippen molar-refractivity contribution in [3.8, 4) is 5.75 Å². The molecule has 0 saturated carbocycles. The van der Waals surface area contributed by atoms with Crippen LogP contribution in [0.4, 0.5) is 0 Å². The van der Waals surface area contributed by atoms with Crippen LogP contribution < -0.4 is 10.2 Å². The second-order valence-electron chi connectivity index (χ2n) is 7.08. The lowest BCUT2D eigenvalue weighted by molar-refractivity contribution is -0.121. The van der Waals surface area contributed by atoms with Crippen molar-refractivity contribution in [3.63, 3.8) is 0 Å². The summed E-state index contributed by atoms with van der Waals surface area (Å²) in [5, 5.41) is 4.30. The summed E-state index contributed by atoms with van der Waals surface area (Å²) in [7, 11) is 1.68. The van der Waals surface area contributed by atoms with Crippen LogP contribution in [-0.2, 0) is 17.9 Å². The number of nitrogens with zero attached hydrogens (tertiary/aromatic N) is 4. The molecule has 1 aromatic heterocycles. The number of benzene rings is 2. The van der Waals surface area contributed by atoms with E-state index in [1.54, 1.807) is 13.4 Å². The van der Waals surface area contributed by atoms with Gasteiger partial charge in [0.05, 0.1) is 30.2 Å². The zero-order valence-corrected chi connectivity index (χ0v) is 18.1. The number of nitrogens with one attached hydrogen (secondary N) is 1. The average Bonchev–Trinajstić information content (AvgIpc) is 3.18. The summed E-state index contributed by atoms with van der Waals surface area (Å²) >= 11 is 0. The summed E-state index contributed by atoms with van der Waals surface area (Å²) < 4.78 is 7.33. The Kier molecular flexibility index (Phi) is 7.19. The molecule has 0 saturated heterocycles. The number of amides is 1. The molecule has 0 aliphatic rings. The second-order valence-corrected chi connectivity index (χ2v) is 7.08. The minimum atomic E-state index is -0.200. The normalized spacial score (nSPS) is 11.8. The number of hydrogen-bond donors (Lipinski definition) is 1. The van der Waals surface area contributed by atoms with Crippen molar-refractivity contribution in [2.24, 2.45) is 5.10 Å². The van der Waals surface area contributed by atoms with Crippen LogP contribution in [0.2, 0.25) is 0 Å². The Bertz CT molecular complexity index is 1040. The Morgan fingerprint density at radius 1 is 1.20 bits per heavy atom. The highest BCUT2D eigenvalue weighted by Crippen LogP contribution is 2.22. The third-order valence-corrected chi connectivity index (χ3v) is 5.18. The summed E-state index contributed by atoms with van der Waals surface area (Å²) in [6.45, 7) is 9.07. The Balaban J connectivity index is 1.70. The number of rotatable bonds is 9. The molecule has 0 aliphatic heterocycles. The van der Waals surface area contributed by atoms with E-state index >= 15 is 0 Å². The van der Waals surface area contributed by atoms with E-state index in [1.807, 2.05) is 47.9 Å². The molecule has 0 aliphatic carbocycles. The molecule has 7 heteroatoms. The minimum Gasteiger partial charge on any atom is -0.496 e. The largest absolute Gasteiger partial charge is 0.496 e. The quantitative estimate of drug-likeness (QED) is 0.436. The van der Waals surface area contributed by atoms with E-state index in [0.29, 0.717) is 0 Å². The van der Waals surface area contributed by atoms with E-state index in [9.17, 15) is 4.79 Å². The van der Waals surface area contributed by atoms with Gasteiger partial charge in [0, 0.05) is 12.1 Å². The Hall–Kier alpha value is -3.19. The maximum atomic E-state index is 12.4. The summed E-state index contributed by atoms with van der Waals surface area (Å²) in [6, 6.07) is 13.7. The molecular formula is C23H29N5O2. The number of imidazole rings is 1. The van der Waals surface area contributed by atoms with Crippen molar-refractivity contribution < 1.29 is 9.53 Å². The van der Waals surface area contributed by atoms with Gasteiger partial charge in [0.1, 0.15) is 12.3 Å². The maximum absolute atomic E-state index is 12.4. The molecule has 3 aromatic rings. The highest BCUT2D eigenvalue weighted by Gasteiger charge is 2.11. The highest BCUT2D eigenvalue weighted by atomic mass is 16.5. The van der Waals surface area contributed by atoms with Gasteiger partial charge >= 0.3 is 0 Å². The van der Waals surface area contributed by atoms with Crippen LogP contribution in [0, 0.1) is 0 Å². The fourth-order valence-corrected chi connectivity index (χ4v) is 3.35. The van der Waals surface area contributed by atoms with Gasteiger partial charge in [0.15, 0.2) is 0 Å². The SMILES string of the molecule is CCN(CC)Cc1cc(/C(C)=N\NC(=O)Cn2cnc3ccccc32)ccc1OC. The number of carbonyl (C=O) groups is 1. The highest BCUT2D eigenvalue weighted by molar-refractivity contribution is 5.99. The molecule has 1 heterocycles. The number of carbonyl (C=O) groups excluding carboxylic acids is 1. The van der Waals surface area contributed by atoms with Crippen LogP contribution in [0.1, 0.15) is 31.9 Å². The second kappa shape index (κ2) is 10.0. The minimum absolute atomic E-state index is 0.160. The van der Waals surface area contributed by atoms with Crippen molar-refractivity contribution in [1.82, 2.24) is 19.9 Å². The first-order valence-corrected chi connectivity index (χ1v) is 10.2. The van der Waals surface area contributed by atoms with Crippen LogP contribution in [0.3, 0.4) is 0 Å². The molecule has 7 nitrogen and oxygen atoms in total. The van der Waals surface area contributed by atoms with Crippen LogP contribution in [0.25, 0.3) is 11.0 Å². The van der Waals surface area contributed by atoms with Crippen molar-refractivity contribution in [2.75, 3.05) is 20.2 Å². The average molecular weight is 408 g/mol. The predicted molar refractivity (Wildman–Crippen MR) is 120 cm³/mol. The first-order chi connectivity index (χ1) is 14.5. The van der Waals surface area contributed by atoms with Crippen molar-refractivity contribution in [2.45, 2.75) is 33.9 Å². The molecule has 3 rings (SSSR count). The first-order valence-electron chi connectivity index (χ1n) is 10.2. The van der Waals surface area contributed by atoms with Gasteiger partial charge in [-0.1, -0.05) is 26.0 Å². The molecule has 30 heavy (non-hydrogen) atoms. The van der Waals surface area contributed by atoms with Crippen molar-refractivity contribution in [3.05, 3.63) is 59.9 Å². The zero-order valence-electron chi connectivity index (χ0n) is 18.1. The zero-order chi connectivity index (χ0) is 21.5. The van der Waals surface area contributed by atoms with Gasteiger partial charge in [-0.2, -0.15) is 5.10 Å². The third-order valence-electron chi connectivity index (χ3n) is 5.18. The summed E-state index contributed by atoms with van der Waals surface area (Å²) in [4.78, 5) is 19.0. The number of ether oxygens (including phenoxy) is 1. The molecule has 158 valence electrons. The van der Waals surface area contributed by atoms with E-state index in [-0.39, 0.29) is 12.5 Å². The third kappa shape index (κ3) is 5.04. The van der Waals surface area contributed by atoms with Gasteiger partial charge in [-0.05, 0) is 55.9 Å². The monoisotopic (exact) mass is 407 g/mol. The van der Waals surface area contributed by atoms with Crippen LogP contribution in [0.5, 0.6) is 5.75 Å². The smallest absolute Gasteiger partial charge is 0.260 e. The molecular weight excluding hydrogens is 378 g/mol. The van der Waals surface area contributed by atoms with E-state index in [4.69, 9.17) is 4.74 Å². The van der Waals surface area contributed by atoms with Gasteiger partial charge in [0.2, 0.25) is 0 Å². The molecule has 0 bridgehead atoms. The van der Waals surface area contributed by atoms with Gasteiger partial charge in [-0.3, -0.25) is 9.69 Å². The number of fused-ring (bicyclic) bond motifs is 1. The lowest BCUT2D eigenvalue weighted by atomic mass is 10.1. The maximum Gasteiger partial charge on any atom is 0.260 e. The van der Waals surface area contributed by atoms with E-state index in [2.05, 4.69) is 40.3 Å². The van der Waals surface area contributed by atoms with Crippen LogP contribution in [-0.4, -0.2) is 46.3 Å². The molecule has 1 N–H and O–H groups in total. The Labute approximate surface area is 177 Å². The fourth-order valence-electron chi connectivity index (χ4n) is 3.35. The Morgan fingerprint density at radius 2 is 1.97 bits per heavy atom. The van der Waals surface area contributed by atoms with E-state index in [1.165, 1.54) is 0 Å². The molecule has 0 spiro atoms. The lowest BCUT2D eigenvalue weighted by Gasteiger charge is -2.20. The number of methoxy groups -OCH3 is 1. The lowest BCUT2D eigenvalue weighted by Crippen LogP contribution is -2.24. The molecule has 0 unspecified atom stereocenters. The van der Waals surface area contributed by atoms with Crippen molar-refractivity contribution in [1.29, 1.82) is 0 Å². The predicted octanol–water partition coefficient (Wildman–Crippen LogP) is 3.43. The Morgan fingerprint density at radius 3 is 2.70 bits per heavy atom. The van der Waals surface area contributed by atoms with Gasteiger partial charge in [-0.15, -0.1) is 0 Å². The number of para-hydroxylation sites is 2. The number of hydrogen-bond acceptors (Lipinski definition) is 5. The summed E-state index contributed by atoms with van der Waals surface area (Å²) in [6.07, 6.45) is 1.67. The molecule has 0 atom stereocenters. The van der Waals surface area contributed by atoms with Crippen LogP contribution >= 0.6 is 0 Å². The first kappa shape index (κ1) is 21.5. The van der Waals surface area contributed by atoms with Crippen LogP contribution in [0.15, 0.2) is 53.9 Å². The number of hydrazone groups is 1. The fraction of sp³-hybridized carbons (Fsp3) is 0.348. The topological polar surface area (TPSA) is 71.8 Å².